The summed E-state index contributed by atoms with van der Waals surface area (Å²) in [6, 6.07) is 16.8. The van der Waals surface area contributed by atoms with Crippen LogP contribution in [0.15, 0.2) is 65.7 Å². The maximum Gasteiger partial charge on any atom is 0.253 e. The first-order valence-electron chi connectivity index (χ1n) is 9.12. The Bertz CT molecular complexity index is 960. The summed E-state index contributed by atoms with van der Waals surface area (Å²) in [5.74, 6) is 0.0230. The second-order valence-electron chi connectivity index (χ2n) is 6.74. The zero-order valence-electron chi connectivity index (χ0n) is 15.5. The monoisotopic (exact) mass is 395 g/mol. The van der Waals surface area contributed by atoms with E-state index in [1.54, 1.807) is 6.20 Å². The predicted octanol–water partition coefficient (Wildman–Crippen LogP) is 2.34. The smallest absolute Gasteiger partial charge is 0.253 e. The lowest BCUT2D eigenvalue weighted by Gasteiger charge is -2.38. The molecule has 144 valence electrons. The van der Waals surface area contributed by atoms with E-state index in [2.05, 4.69) is 15.4 Å². The Balaban J connectivity index is 1.43. The van der Waals surface area contributed by atoms with E-state index in [-0.39, 0.29) is 11.9 Å². The summed E-state index contributed by atoms with van der Waals surface area (Å²) in [5, 5.41) is 10.4. The van der Waals surface area contributed by atoms with Crippen molar-refractivity contribution >= 4 is 16.9 Å². The highest BCUT2D eigenvalue weighted by molar-refractivity contribution is 7.82. The van der Waals surface area contributed by atoms with Gasteiger partial charge in [0.05, 0.1) is 11.1 Å². The van der Waals surface area contributed by atoms with Gasteiger partial charge in [-0.2, -0.15) is 15.4 Å². The molecule has 0 radical (unpaired) electrons. The number of carbonyl (C=O) groups is 1. The molecule has 28 heavy (non-hydrogen) atoms. The first kappa shape index (κ1) is 18.5. The molecule has 7 nitrogen and oxygen atoms in total. The topological polar surface area (TPSA) is 82.2 Å². The van der Waals surface area contributed by atoms with E-state index in [0.717, 1.165) is 16.2 Å². The number of carbonyl (C=O) groups excluding carboxylic acids is 1. The molecule has 1 N–H and O–H groups in total. The van der Waals surface area contributed by atoms with Gasteiger partial charge >= 0.3 is 0 Å². The van der Waals surface area contributed by atoms with Gasteiger partial charge in [-0.25, -0.2) is 8.51 Å². The standard InChI is InChI=1S/C20H21N5O2S/c1-15-14-24(20(26)17-5-3-2-4-6-17)11-12-25(15)28(27)18-9-7-16(8-10-18)19-13-21-23-22-19/h2-10,13,15H,11-12,14H2,1H3,(H,21,22,23). The minimum atomic E-state index is -1.28. The molecular weight excluding hydrogens is 374 g/mol. The average molecular weight is 395 g/mol. The van der Waals surface area contributed by atoms with Crippen molar-refractivity contribution in [3.63, 3.8) is 0 Å². The summed E-state index contributed by atoms with van der Waals surface area (Å²) in [7, 11) is -1.28. The number of amides is 1. The molecule has 1 saturated heterocycles. The van der Waals surface area contributed by atoms with Crippen molar-refractivity contribution in [1.82, 2.24) is 24.6 Å². The molecular formula is C20H21N5O2S. The Labute approximate surface area is 166 Å². The molecule has 2 unspecified atom stereocenters. The zero-order chi connectivity index (χ0) is 19.5. The zero-order valence-corrected chi connectivity index (χ0v) is 16.3. The molecule has 2 atom stereocenters. The number of hydrogen-bond donors (Lipinski definition) is 1. The third-order valence-corrected chi connectivity index (χ3v) is 6.50. The van der Waals surface area contributed by atoms with Gasteiger partial charge in [-0.1, -0.05) is 30.3 Å². The van der Waals surface area contributed by atoms with Crippen LogP contribution < -0.4 is 0 Å². The van der Waals surface area contributed by atoms with Crippen molar-refractivity contribution in [3.05, 3.63) is 66.4 Å². The van der Waals surface area contributed by atoms with Crippen molar-refractivity contribution in [2.24, 2.45) is 0 Å². The summed E-state index contributed by atoms with van der Waals surface area (Å²) in [5.41, 5.74) is 2.35. The van der Waals surface area contributed by atoms with Gasteiger partial charge in [0.25, 0.3) is 5.91 Å². The maximum atomic E-state index is 13.1. The quantitative estimate of drug-likeness (QED) is 0.735. The molecule has 1 aliphatic heterocycles. The third-order valence-electron chi connectivity index (χ3n) is 4.85. The fourth-order valence-electron chi connectivity index (χ4n) is 3.35. The SMILES string of the molecule is CC1CN(C(=O)c2ccccc2)CCN1S(=O)c1ccc(-c2cn[nH]n2)cc1. The van der Waals surface area contributed by atoms with Crippen LogP contribution in [0.4, 0.5) is 0 Å². The van der Waals surface area contributed by atoms with Crippen LogP contribution in [0.25, 0.3) is 11.3 Å². The van der Waals surface area contributed by atoms with Crippen molar-refractivity contribution < 1.29 is 9.00 Å². The van der Waals surface area contributed by atoms with E-state index in [1.165, 1.54) is 0 Å². The van der Waals surface area contributed by atoms with Crippen molar-refractivity contribution in [2.45, 2.75) is 17.9 Å². The Morgan fingerprint density at radius 3 is 2.50 bits per heavy atom. The van der Waals surface area contributed by atoms with Gasteiger partial charge in [-0.3, -0.25) is 4.79 Å². The molecule has 4 rings (SSSR count). The third kappa shape index (κ3) is 3.74. The van der Waals surface area contributed by atoms with Gasteiger partial charge in [0.15, 0.2) is 0 Å². The molecule has 8 heteroatoms. The van der Waals surface area contributed by atoms with Gasteiger partial charge in [0.1, 0.15) is 16.7 Å². The number of hydrogen-bond acceptors (Lipinski definition) is 4. The van der Waals surface area contributed by atoms with E-state index in [1.807, 2.05) is 70.7 Å². The van der Waals surface area contributed by atoms with Crippen molar-refractivity contribution in [3.8, 4) is 11.3 Å². The maximum absolute atomic E-state index is 13.1. The first-order chi connectivity index (χ1) is 13.6. The number of aromatic nitrogens is 3. The highest BCUT2D eigenvalue weighted by Crippen LogP contribution is 2.22. The molecule has 1 aromatic heterocycles. The molecule has 0 saturated carbocycles. The predicted molar refractivity (Wildman–Crippen MR) is 107 cm³/mol. The molecule has 1 amide bonds. The molecule has 0 bridgehead atoms. The fourth-order valence-corrected chi connectivity index (χ4v) is 4.63. The van der Waals surface area contributed by atoms with Crippen LogP contribution in [0.5, 0.6) is 0 Å². The van der Waals surface area contributed by atoms with E-state index in [9.17, 15) is 9.00 Å². The Hall–Kier alpha value is -2.84. The summed E-state index contributed by atoms with van der Waals surface area (Å²) < 4.78 is 15.0. The van der Waals surface area contributed by atoms with Gasteiger partial charge in [0, 0.05) is 36.8 Å². The molecule has 1 aliphatic rings. The number of aromatic amines is 1. The number of nitrogens with zero attached hydrogens (tertiary/aromatic N) is 4. The average Bonchev–Trinajstić information content (AvgIpc) is 3.28. The lowest BCUT2D eigenvalue weighted by atomic mass is 10.1. The lowest BCUT2D eigenvalue weighted by Crippen LogP contribution is -2.53. The van der Waals surface area contributed by atoms with E-state index >= 15 is 0 Å². The van der Waals surface area contributed by atoms with Crippen molar-refractivity contribution in [1.29, 1.82) is 0 Å². The van der Waals surface area contributed by atoms with Gasteiger partial charge in [0.2, 0.25) is 0 Å². The second-order valence-corrected chi connectivity index (χ2v) is 8.17. The molecule has 3 aromatic rings. The lowest BCUT2D eigenvalue weighted by molar-refractivity contribution is 0.0647. The van der Waals surface area contributed by atoms with Crippen LogP contribution in [0.1, 0.15) is 17.3 Å². The molecule has 2 heterocycles. The van der Waals surface area contributed by atoms with Crippen LogP contribution in [-0.2, 0) is 11.0 Å². The molecule has 0 spiro atoms. The van der Waals surface area contributed by atoms with Crippen molar-refractivity contribution in [2.75, 3.05) is 19.6 Å². The van der Waals surface area contributed by atoms with Gasteiger partial charge in [-0.15, -0.1) is 0 Å². The normalized spacial score (nSPS) is 18.8. The van der Waals surface area contributed by atoms with E-state index in [0.29, 0.717) is 25.2 Å². The summed E-state index contributed by atoms with van der Waals surface area (Å²) >= 11 is 0. The number of piperazine rings is 1. The Morgan fingerprint density at radius 1 is 1.11 bits per heavy atom. The minimum Gasteiger partial charge on any atom is -0.336 e. The highest BCUT2D eigenvalue weighted by atomic mass is 32.2. The van der Waals surface area contributed by atoms with Crippen LogP contribution >= 0.6 is 0 Å². The second kappa shape index (κ2) is 8.04. The van der Waals surface area contributed by atoms with Crippen LogP contribution in [0, 0.1) is 0 Å². The Morgan fingerprint density at radius 2 is 1.86 bits per heavy atom. The van der Waals surface area contributed by atoms with Crippen LogP contribution in [-0.4, -0.2) is 60.4 Å². The largest absolute Gasteiger partial charge is 0.336 e. The number of benzene rings is 2. The van der Waals surface area contributed by atoms with Gasteiger partial charge in [-0.05, 0) is 31.2 Å². The van der Waals surface area contributed by atoms with Gasteiger partial charge < -0.3 is 4.90 Å². The summed E-state index contributed by atoms with van der Waals surface area (Å²) in [4.78, 5) is 15.2. The molecule has 0 aliphatic carbocycles. The number of nitrogens with one attached hydrogen (secondary N) is 1. The number of rotatable bonds is 4. The van der Waals surface area contributed by atoms with E-state index in [4.69, 9.17) is 0 Å². The first-order valence-corrected chi connectivity index (χ1v) is 10.2. The summed E-state index contributed by atoms with van der Waals surface area (Å²) in [6.07, 6.45) is 1.65. The fraction of sp³-hybridized carbons (Fsp3) is 0.250. The van der Waals surface area contributed by atoms with E-state index < -0.39 is 11.0 Å². The minimum absolute atomic E-state index is 0.00235. The summed E-state index contributed by atoms with van der Waals surface area (Å²) in [6.45, 7) is 3.68. The van der Waals surface area contributed by atoms with Crippen LogP contribution in [0.3, 0.4) is 0 Å². The number of H-pyrrole nitrogens is 1. The highest BCUT2D eigenvalue weighted by Gasteiger charge is 2.31. The molecule has 1 fully saturated rings. The Kier molecular flexibility index (Phi) is 5.31. The van der Waals surface area contributed by atoms with Crippen LogP contribution in [0.2, 0.25) is 0 Å². The molecule has 2 aromatic carbocycles.